The molecule has 0 saturated carbocycles. The van der Waals surface area contributed by atoms with Crippen LogP contribution < -0.4 is 5.32 Å². The van der Waals surface area contributed by atoms with Gasteiger partial charge in [0, 0.05) is 37.9 Å². The molecule has 0 aromatic rings. The molecule has 3 heterocycles. The summed E-state index contributed by atoms with van der Waals surface area (Å²) in [6.45, 7) is 17.8. The normalized spacial score (nSPS) is 26.4. The van der Waals surface area contributed by atoms with Crippen LogP contribution in [0.3, 0.4) is 0 Å². The van der Waals surface area contributed by atoms with Crippen LogP contribution in [-0.4, -0.2) is 113 Å². The van der Waals surface area contributed by atoms with Crippen LogP contribution in [-0.2, 0) is 14.4 Å². The maximum absolute atomic E-state index is 14.2. The Morgan fingerprint density at radius 1 is 0.950 bits per heavy atom. The van der Waals surface area contributed by atoms with Crippen molar-refractivity contribution in [2.24, 2.45) is 11.3 Å². The number of aliphatic carboxylic acids is 1. The maximum Gasteiger partial charge on any atom is 0.326 e. The topological polar surface area (TPSA) is 96.4 Å². The molecule has 3 saturated heterocycles. The summed E-state index contributed by atoms with van der Waals surface area (Å²) in [5.74, 6) is -0.766. The number of likely N-dealkylation sites (tertiary alicyclic amines) is 3. The van der Waals surface area contributed by atoms with Gasteiger partial charge in [0.15, 0.2) is 0 Å². The first-order valence-corrected chi connectivity index (χ1v) is 15.4. The largest absolute Gasteiger partial charge is 0.480 e. The maximum atomic E-state index is 14.2. The lowest BCUT2D eigenvalue weighted by atomic mass is 9.84. The van der Waals surface area contributed by atoms with E-state index in [0.29, 0.717) is 19.5 Å². The van der Waals surface area contributed by atoms with Gasteiger partial charge in [0.25, 0.3) is 0 Å². The summed E-state index contributed by atoms with van der Waals surface area (Å²) in [5, 5.41) is 13.2. The van der Waals surface area contributed by atoms with Crippen molar-refractivity contribution < 1.29 is 19.5 Å². The van der Waals surface area contributed by atoms with Crippen LogP contribution in [0.25, 0.3) is 0 Å². The van der Waals surface area contributed by atoms with E-state index in [-0.39, 0.29) is 41.3 Å². The fourth-order valence-electron chi connectivity index (χ4n) is 6.80. The number of carbonyl (C=O) groups is 3. The molecule has 3 rings (SSSR count). The number of hydrogen-bond donors (Lipinski definition) is 2. The van der Waals surface area contributed by atoms with Gasteiger partial charge in [0.2, 0.25) is 11.8 Å². The second kappa shape index (κ2) is 13.7. The van der Waals surface area contributed by atoms with Gasteiger partial charge < -0.3 is 20.2 Å². The van der Waals surface area contributed by atoms with E-state index in [9.17, 15) is 19.5 Å². The number of nitrogens with one attached hydrogen (secondary N) is 1. The van der Waals surface area contributed by atoms with Crippen LogP contribution in [0.1, 0.15) is 86.0 Å². The lowest BCUT2D eigenvalue weighted by Crippen LogP contribution is -2.60. The fourth-order valence-corrected chi connectivity index (χ4v) is 6.80. The van der Waals surface area contributed by atoms with Crippen molar-refractivity contribution in [3.05, 3.63) is 12.3 Å². The van der Waals surface area contributed by atoms with Crippen molar-refractivity contribution in [2.75, 3.05) is 40.3 Å². The first-order chi connectivity index (χ1) is 18.7. The second-order valence-corrected chi connectivity index (χ2v) is 13.8. The molecule has 9 nitrogen and oxygen atoms in total. The van der Waals surface area contributed by atoms with Crippen molar-refractivity contribution in [3.8, 4) is 0 Å². The van der Waals surface area contributed by atoms with E-state index in [4.69, 9.17) is 0 Å². The summed E-state index contributed by atoms with van der Waals surface area (Å²) in [4.78, 5) is 47.6. The molecule has 0 aromatic carbocycles. The van der Waals surface area contributed by atoms with Gasteiger partial charge in [-0.1, -0.05) is 54.0 Å². The van der Waals surface area contributed by atoms with Gasteiger partial charge in [-0.15, -0.1) is 0 Å². The molecule has 3 aliphatic heterocycles. The number of carboxylic acid groups (broad SMARTS) is 1. The second-order valence-electron chi connectivity index (χ2n) is 13.8. The minimum Gasteiger partial charge on any atom is -0.480 e. The Labute approximate surface area is 242 Å². The molecule has 3 aliphatic rings. The minimum absolute atomic E-state index is 0.0381. The Balaban J connectivity index is 1.77. The molecular formula is C31H55N5O4. The molecule has 40 heavy (non-hydrogen) atoms. The summed E-state index contributed by atoms with van der Waals surface area (Å²) in [6, 6.07) is -1.36. The highest BCUT2D eigenvalue weighted by Crippen LogP contribution is 2.29. The Kier molecular flexibility index (Phi) is 11.1. The smallest absolute Gasteiger partial charge is 0.326 e. The molecule has 0 radical (unpaired) electrons. The third-order valence-electron chi connectivity index (χ3n) is 9.37. The fraction of sp³-hybridized carbons (Fsp3) is 0.839. The average molecular weight is 562 g/mol. The zero-order valence-electron chi connectivity index (χ0n) is 26.1. The van der Waals surface area contributed by atoms with Gasteiger partial charge in [-0.05, 0) is 70.0 Å². The Morgan fingerprint density at radius 3 is 2.12 bits per heavy atom. The number of hydrogen-bond acceptors (Lipinski definition) is 6. The number of carboxylic acids is 1. The first-order valence-electron chi connectivity index (χ1n) is 15.4. The van der Waals surface area contributed by atoms with E-state index in [2.05, 4.69) is 63.4 Å². The average Bonchev–Trinajstić information content (AvgIpc) is 3.39. The molecule has 2 amide bonds. The highest BCUT2D eigenvalue weighted by Gasteiger charge is 2.42. The summed E-state index contributed by atoms with van der Waals surface area (Å²) in [7, 11) is 4.02. The minimum atomic E-state index is -0.916. The van der Waals surface area contributed by atoms with Gasteiger partial charge in [-0.25, -0.2) is 4.79 Å². The zero-order chi connectivity index (χ0) is 29.8. The van der Waals surface area contributed by atoms with Gasteiger partial charge in [-0.3, -0.25) is 19.4 Å². The quantitative estimate of drug-likeness (QED) is 0.422. The molecule has 9 heteroatoms. The number of nitrogens with zero attached hydrogens (tertiary/aromatic N) is 4. The molecule has 2 N–H and O–H groups in total. The molecule has 0 spiro atoms. The van der Waals surface area contributed by atoms with Crippen molar-refractivity contribution in [2.45, 2.75) is 116 Å². The van der Waals surface area contributed by atoms with E-state index < -0.39 is 18.1 Å². The van der Waals surface area contributed by atoms with E-state index in [0.717, 1.165) is 50.9 Å². The summed E-state index contributed by atoms with van der Waals surface area (Å²) in [6.07, 6.45) is 7.32. The lowest BCUT2D eigenvalue weighted by Gasteiger charge is -2.44. The number of carbonyl (C=O) groups excluding carboxylic acids is 2. The molecule has 228 valence electrons. The number of likely N-dealkylation sites (N-methyl/N-ethyl adjacent to an activating group) is 2. The summed E-state index contributed by atoms with van der Waals surface area (Å²) in [5.41, 5.74) is 0.583. The number of rotatable bonds is 10. The van der Waals surface area contributed by atoms with Gasteiger partial charge in [0.05, 0.1) is 6.04 Å². The third kappa shape index (κ3) is 7.58. The molecule has 3 fully saturated rings. The van der Waals surface area contributed by atoms with Crippen LogP contribution in [0.2, 0.25) is 0 Å². The third-order valence-corrected chi connectivity index (χ3v) is 9.37. The van der Waals surface area contributed by atoms with Crippen LogP contribution in [0.15, 0.2) is 12.3 Å². The van der Waals surface area contributed by atoms with Crippen LogP contribution in [0.4, 0.5) is 0 Å². The Bertz CT molecular complexity index is 916. The van der Waals surface area contributed by atoms with Gasteiger partial charge in [0.1, 0.15) is 12.1 Å². The van der Waals surface area contributed by atoms with Crippen LogP contribution in [0.5, 0.6) is 0 Å². The molecule has 0 bridgehead atoms. The van der Waals surface area contributed by atoms with E-state index in [1.54, 1.807) is 4.90 Å². The van der Waals surface area contributed by atoms with Crippen LogP contribution in [0, 0.1) is 11.3 Å². The molecule has 0 aromatic heterocycles. The van der Waals surface area contributed by atoms with E-state index >= 15 is 0 Å². The van der Waals surface area contributed by atoms with Crippen molar-refractivity contribution in [1.29, 1.82) is 0 Å². The van der Waals surface area contributed by atoms with Crippen LogP contribution >= 0.6 is 0 Å². The lowest BCUT2D eigenvalue weighted by molar-refractivity contribution is -0.151. The van der Waals surface area contributed by atoms with E-state index in [1.165, 1.54) is 12.8 Å². The van der Waals surface area contributed by atoms with Gasteiger partial charge >= 0.3 is 5.97 Å². The number of piperidine rings is 2. The summed E-state index contributed by atoms with van der Waals surface area (Å²) >= 11 is 0. The molecule has 5 atom stereocenters. The van der Waals surface area contributed by atoms with Crippen molar-refractivity contribution in [1.82, 2.24) is 24.9 Å². The SMILES string of the molecule is C=C(NC(C(=O)N(C)C(CN1CCCC[C@H]1C(=O)N1CCC[C@H]1C(=O)O)C(C)C)C(C)(C)C)C1CCCCN1C. The number of amides is 2. The standard InChI is InChI=1S/C31H55N5O4/c1-21(2)26(20-35-18-12-10-15-24(35)28(37)36-19-13-16-25(36)30(39)40)34(8)29(38)27(31(4,5)6)32-22(3)23-14-9-11-17-33(23)7/h21,23-27,32H,3,9-20H2,1-2,4-8H3,(H,39,40)/t23?,24-,25-,26?,27?/m0/s1. The Hall–Kier alpha value is -2.13. The van der Waals surface area contributed by atoms with Crippen molar-refractivity contribution in [3.63, 3.8) is 0 Å². The summed E-state index contributed by atoms with van der Waals surface area (Å²) < 4.78 is 0. The molecule has 3 unspecified atom stereocenters. The molecule has 0 aliphatic carbocycles. The molecular weight excluding hydrogens is 506 g/mol. The van der Waals surface area contributed by atoms with Crippen molar-refractivity contribution >= 4 is 17.8 Å². The zero-order valence-corrected chi connectivity index (χ0v) is 26.1. The Morgan fingerprint density at radius 2 is 1.55 bits per heavy atom. The predicted molar refractivity (Wildman–Crippen MR) is 159 cm³/mol. The van der Waals surface area contributed by atoms with Gasteiger partial charge in [-0.2, -0.15) is 0 Å². The predicted octanol–water partition coefficient (Wildman–Crippen LogP) is 3.40. The monoisotopic (exact) mass is 561 g/mol. The highest BCUT2D eigenvalue weighted by molar-refractivity contribution is 5.87. The first kappa shape index (κ1) is 32.4. The highest BCUT2D eigenvalue weighted by atomic mass is 16.4. The van der Waals surface area contributed by atoms with E-state index in [1.807, 2.05) is 11.9 Å².